The van der Waals surface area contributed by atoms with Crippen molar-refractivity contribution in [3.8, 4) is 5.75 Å². The number of aromatic nitrogens is 2. The topological polar surface area (TPSA) is 55.3 Å². The Morgan fingerprint density at radius 1 is 1.12 bits per heavy atom. The standard InChI is InChI=1S/C19H15F2N3O2/c1-2-13-4-3-5-16-17(13)26-19(20,21)18(25)24(16)11-12-6-7-14-15(10-12)23-9-8-22-14/h3-10H,2,11H2,1H3. The Hall–Kier alpha value is -3.09. The molecule has 0 radical (unpaired) electrons. The van der Waals surface area contributed by atoms with Gasteiger partial charge >= 0.3 is 12.0 Å². The summed E-state index contributed by atoms with van der Waals surface area (Å²) in [6, 6.07) is 10.3. The third-order valence-electron chi connectivity index (χ3n) is 4.35. The molecule has 1 aromatic heterocycles. The number of hydrogen-bond donors (Lipinski definition) is 0. The Balaban J connectivity index is 1.78. The molecule has 4 rings (SSSR count). The number of rotatable bonds is 3. The first-order valence-electron chi connectivity index (χ1n) is 8.20. The van der Waals surface area contributed by atoms with Crippen LogP contribution in [0.25, 0.3) is 11.0 Å². The highest BCUT2D eigenvalue weighted by molar-refractivity contribution is 6.01. The van der Waals surface area contributed by atoms with Crippen molar-refractivity contribution in [1.29, 1.82) is 0 Å². The Morgan fingerprint density at radius 3 is 2.65 bits per heavy atom. The lowest BCUT2D eigenvalue weighted by Crippen LogP contribution is -2.50. The molecule has 0 atom stereocenters. The summed E-state index contributed by atoms with van der Waals surface area (Å²) in [5.74, 6) is -1.32. The molecule has 0 spiro atoms. The number of carbonyl (C=O) groups excluding carboxylic acids is 1. The molecule has 2 aromatic carbocycles. The van der Waals surface area contributed by atoms with Gasteiger partial charge in [-0.3, -0.25) is 19.7 Å². The number of alkyl halides is 2. The molecule has 26 heavy (non-hydrogen) atoms. The van der Waals surface area contributed by atoms with Gasteiger partial charge in [0, 0.05) is 12.4 Å². The van der Waals surface area contributed by atoms with Crippen LogP contribution in [-0.4, -0.2) is 22.0 Å². The third kappa shape index (κ3) is 2.65. The molecule has 0 saturated heterocycles. The van der Waals surface area contributed by atoms with Crippen molar-refractivity contribution in [3.05, 3.63) is 59.9 Å². The summed E-state index contributed by atoms with van der Waals surface area (Å²) in [7, 11) is 0. The summed E-state index contributed by atoms with van der Waals surface area (Å²) in [6.45, 7) is 1.84. The summed E-state index contributed by atoms with van der Waals surface area (Å²) in [5, 5.41) is 0. The lowest BCUT2D eigenvalue weighted by Gasteiger charge is -2.34. The fourth-order valence-electron chi connectivity index (χ4n) is 3.07. The van der Waals surface area contributed by atoms with E-state index >= 15 is 0 Å². The van der Waals surface area contributed by atoms with E-state index in [1.54, 1.807) is 48.8 Å². The van der Waals surface area contributed by atoms with Crippen LogP contribution in [0.2, 0.25) is 0 Å². The number of hydrogen-bond acceptors (Lipinski definition) is 4. The fraction of sp³-hybridized carbons (Fsp3) is 0.211. The van der Waals surface area contributed by atoms with E-state index in [-0.39, 0.29) is 12.3 Å². The number of para-hydroxylation sites is 1. The molecule has 0 saturated carbocycles. The summed E-state index contributed by atoms with van der Waals surface area (Å²) >= 11 is 0. The van der Waals surface area contributed by atoms with Crippen LogP contribution in [0.15, 0.2) is 48.8 Å². The Labute approximate surface area is 148 Å². The normalized spacial score (nSPS) is 15.7. The molecular formula is C19H15F2N3O2. The first-order chi connectivity index (χ1) is 12.5. The van der Waals surface area contributed by atoms with Crippen LogP contribution in [0.5, 0.6) is 5.75 Å². The molecule has 132 valence electrons. The summed E-state index contributed by atoms with van der Waals surface area (Å²) in [5.41, 5.74) is 2.99. The molecular weight excluding hydrogens is 340 g/mol. The van der Waals surface area contributed by atoms with Gasteiger partial charge in [-0.25, -0.2) is 0 Å². The van der Waals surface area contributed by atoms with E-state index in [1.165, 1.54) is 0 Å². The number of aryl methyl sites for hydroxylation is 1. The van der Waals surface area contributed by atoms with Crippen molar-refractivity contribution in [2.24, 2.45) is 0 Å². The van der Waals surface area contributed by atoms with Crippen LogP contribution in [0.4, 0.5) is 14.5 Å². The Kier molecular flexibility index (Phi) is 3.79. The second-order valence-electron chi connectivity index (χ2n) is 6.01. The molecule has 0 fully saturated rings. The van der Waals surface area contributed by atoms with Gasteiger partial charge in [-0.15, -0.1) is 0 Å². The monoisotopic (exact) mass is 355 g/mol. The van der Waals surface area contributed by atoms with Gasteiger partial charge in [0.2, 0.25) is 0 Å². The maximum atomic E-state index is 14.2. The van der Waals surface area contributed by atoms with Crippen molar-refractivity contribution in [3.63, 3.8) is 0 Å². The molecule has 0 N–H and O–H groups in total. The Morgan fingerprint density at radius 2 is 1.88 bits per heavy atom. The number of benzene rings is 2. The zero-order valence-corrected chi connectivity index (χ0v) is 13.9. The van der Waals surface area contributed by atoms with Crippen LogP contribution in [0.3, 0.4) is 0 Å². The van der Waals surface area contributed by atoms with Gasteiger partial charge in [-0.05, 0) is 35.7 Å². The van der Waals surface area contributed by atoms with E-state index < -0.39 is 12.0 Å². The fourth-order valence-corrected chi connectivity index (χ4v) is 3.07. The van der Waals surface area contributed by atoms with Crippen molar-refractivity contribution in [1.82, 2.24) is 9.97 Å². The van der Waals surface area contributed by atoms with E-state index in [2.05, 4.69) is 9.97 Å². The van der Waals surface area contributed by atoms with E-state index in [9.17, 15) is 13.6 Å². The minimum absolute atomic E-state index is 0.00946. The highest BCUT2D eigenvalue weighted by Crippen LogP contribution is 2.42. The molecule has 2 heterocycles. The molecule has 3 aromatic rings. The first kappa shape index (κ1) is 16.4. The average molecular weight is 355 g/mol. The third-order valence-corrected chi connectivity index (χ3v) is 4.35. The quantitative estimate of drug-likeness (QED) is 0.719. The number of ether oxygens (including phenoxy) is 1. The van der Waals surface area contributed by atoms with Crippen LogP contribution >= 0.6 is 0 Å². The molecule has 1 aliphatic rings. The van der Waals surface area contributed by atoms with Gasteiger partial charge in [0.1, 0.15) is 0 Å². The van der Waals surface area contributed by atoms with Gasteiger partial charge in [-0.1, -0.05) is 25.1 Å². The van der Waals surface area contributed by atoms with Crippen LogP contribution in [0.1, 0.15) is 18.1 Å². The second-order valence-corrected chi connectivity index (χ2v) is 6.01. The minimum atomic E-state index is -3.89. The SMILES string of the molecule is CCc1cccc2c1OC(F)(F)C(=O)N2Cc1ccc2nccnc2c1. The maximum Gasteiger partial charge on any atom is 0.483 e. The van der Waals surface area contributed by atoms with Gasteiger partial charge in [-0.2, -0.15) is 8.78 Å². The summed E-state index contributed by atoms with van der Waals surface area (Å²) in [4.78, 5) is 21.8. The molecule has 7 heteroatoms. The zero-order chi connectivity index (χ0) is 18.3. The number of anilines is 1. The molecule has 1 aliphatic heterocycles. The highest BCUT2D eigenvalue weighted by atomic mass is 19.3. The highest BCUT2D eigenvalue weighted by Gasteiger charge is 2.50. The predicted octanol–water partition coefficient (Wildman–Crippen LogP) is 3.71. The van der Waals surface area contributed by atoms with E-state index in [0.29, 0.717) is 34.3 Å². The number of nitrogens with zero attached hydrogens (tertiary/aromatic N) is 3. The molecule has 0 aliphatic carbocycles. The van der Waals surface area contributed by atoms with E-state index in [4.69, 9.17) is 4.74 Å². The number of fused-ring (bicyclic) bond motifs is 2. The van der Waals surface area contributed by atoms with E-state index in [1.807, 2.05) is 6.92 Å². The average Bonchev–Trinajstić information content (AvgIpc) is 2.64. The van der Waals surface area contributed by atoms with Crippen LogP contribution < -0.4 is 9.64 Å². The second kappa shape index (κ2) is 6.01. The Bertz CT molecular complexity index is 1010. The molecule has 5 nitrogen and oxygen atoms in total. The lowest BCUT2D eigenvalue weighted by atomic mass is 10.1. The minimum Gasteiger partial charge on any atom is -0.423 e. The van der Waals surface area contributed by atoms with Crippen molar-refractivity contribution in [2.45, 2.75) is 26.0 Å². The van der Waals surface area contributed by atoms with Crippen molar-refractivity contribution >= 4 is 22.6 Å². The van der Waals surface area contributed by atoms with E-state index in [0.717, 1.165) is 4.90 Å². The number of carbonyl (C=O) groups is 1. The smallest absolute Gasteiger partial charge is 0.423 e. The van der Waals surface area contributed by atoms with Crippen LogP contribution in [0, 0.1) is 0 Å². The summed E-state index contributed by atoms with van der Waals surface area (Å²) in [6.07, 6.45) is -0.235. The van der Waals surface area contributed by atoms with Gasteiger partial charge < -0.3 is 4.74 Å². The molecule has 1 amide bonds. The maximum absolute atomic E-state index is 14.2. The van der Waals surface area contributed by atoms with Gasteiger partial charge in [0.05, 0.1) is 23.3 Å². The largest absolute Gasteiger partial charge is 0.483 e. The zero-order valence-electron chi connectivity index (χ0n) is 13.9. The summed E-state index contributed by atoms with van der Waals surface area (Å²) < 4.78 is 33.1. The van der Waals surface area contributed by atoms with Crippen molar-refractivity contribution in [2.75, 3.05) is 4.90 Å². The molecule has 0 bridgehead atoms. The van der Waals surface area contributed by atoms with Gasteiger partial charge in [0.15, 0.2) is 5.75 Å². The number of halogens is 2. The first-order valence-corrected chi connectivity index (χ1v) is 8.20. The van der Waals surface area contributed by atoms with Crippen LogP contribution in [-0.2, 0) is 17.8 Å². The van der Waals surface area contributed by atoms with Crippen molar-refractivity contribution < 1.29 is 18.3 Å². The van der Waals surface area contributed by atoms with Gasteiger partial charge in [0.25, 0.3) is 0 Å². The lowest BCUT2D eigenvalue weighted by molar-refractivity contribution is -0.193. The number of amides is 1. The predicted molar refractivity (Wildman–Crippen MR) is 92.1 cm³/mol. The molecule has 0 unspecified atom stereocenters.